The van der Waals surface area contributed by atoms with Crippen LogP contribution in [0.2, 0.25) is 0 Å². The fourth-order valence-electron chi connectivity index (χ4n) is 19.2. The van der Waals surface area contributed by atoms with Gasteiger partial charge in [-0.25, -0.2) is 0 Å². The smallest absolute Gasteiger partial charge is 0.252 e. The molecular formula is C108H89BN4. The summed E-state index contributed by atoms with van der Waals surface area (Å²) in [5, 5.41) is 12.7. The second-order valence-electron chi connectivity index (χ2n) is 36.1. The van der Waals surface area contributed by atoms with Crippen molar-refractivity contribution in [2.75, 3.05) is 9.80 Å². The quantitative estimate of drug-likeness (QED) is 0.0813. The van der Waals surface area contributed by atoms with Gasteiger partial charge in [0.05, 0.1) is 39.1 Å². The van der Waals surface area contributed by atoms with E-state index in [4.69, 9.17) is 0 Å². The van der Waals surface area contributed by atoms with E-state index < -0.39 is 0 Å². The molecule has 17 aromatic carbocycles. The van der Waals surface area contributed by atoms with E-state index in [1.165, 1.54) is 115 Å². The van der Waals surface area contributed by atoms with Gasteiger partial charge in [-0.15, -0.1) is 0 Å². The minimum absolute atomic E-state index is 0.117. The fraction of sp³-hybridized carbons (Fsp3) is 0.148. The van der Waals surface area contributed by atoms with Crippen molar-refractivity contribution >= 4 is 133 Å². The van der Waals surface area contributed by atoms with Crippen LogP contribution in [-0.4, -0.2) is 15.8 Å². The zero-order chi connectivity index (χ0) is 76.9. The Kier molecular flexibility index (Phi) is 15.1. The summed E-state index contributed by atoms with van der Waals surface area (Å²) in [6.45, 7) is 28.1. The molecule has 2 aromatic heterocycles. The average Bonchev–Trinajstić information content (AvgIpc) is 1.67. The molecule has 0 saturated carbocycles. The lowest BCUT2D eigenvalue weighted by Crippen LogP contribution is -2.61. The molecule has 0 fully saturated rings. The summed E-state index contributed by atoms with van der Waals surface area (Å²) in [5.74, 6) is 0. The van der Waals surface area contributed by atoms with Crippen molar-refractivity contribution in [3.8, 4) is 67.0 Å². The normalized spacial score (nSPS) is 13.3. The van der Waals surface area contributed by atoms with Crippen molar-refractivity contribution in [1.29, 1.82) is 0 Å². The number of para-hydroxylation sites is 2. The maximum absolute atomic E-state index is 2.77. The molecule has 2 aliphatic heterocycles. The Balaban J connectivity index is 0.993. The van der Waals surface area contributed by atoms with E-state index in [1.807, 2.05) is 0 Å². The van der Waals surface area contributed by atoms with E-state index in [9.17, 15) is 0 Å². The minimum Gasteiger partial charge on any atom is -0.310 e. The molecule has 0 atom stereocenters. The number of fused-ring (bicyclic) bond motifs is 8. The lowest BCUT2D eigenvalue weighted by atomic mass is 9.33. The molecule has 0 radical (unpaired) electrons. The molecule has 0 saturated heterocycles. The summed E-state index contributed by atoms with van der Waals surface area (Å²) < 4.78 is 5.18. The van der Waals surface area contributed by atoms with Crippen LogP contribution in [0.15, 0.2) is 322 Å². The topological polar surface area (TPSA) is 16.3 Å². The van der Waals surface area contributed by atoms with Crippen molar-refractivity contribution < 1.29 is 0 Å². The van der Waals surface area contributed by atoms with E-state index in [2.05, 4.69) is 424 Å². The number of nitrogens with zero attached hydrogens (tertiary/aromatic N) is 4. The van der Waals surface area contributed by atoms with Gasteiger partial charge >= 0.3 is 0 Å². The predicted molar refractivity (Wildman–Crippen MR) is 486 cm³/mol. The molecule has 0 amide bonds. The van der Waals surface area contributed by atoms with E-state index in [1.54, 1.807) is 0 Å². The molecule has 4 nitrogen and oxygen atoms in total. The molecule has 0 unspecified atom stereocenters. The maximum atomic E-state index is 2.77. The molecule has 0 aliphatic carbocycles. The van der Waals surface area contributed by atoms with E-state index in [0.29, 0.717) is 0 Å². The highest BCUT2D eigenvalue weighted by Gasteiger charge is 2.47. The standard InChI is InChI=1S/C108H89BN4/c1-105(2,3)74-55-73(56-75(58-74)106(4,5)6)72-49-52-92-89(57-72)109-88-51-50-78(110-90-45-27-25-41-80(90)81-42-26-28-46-91(81)110)63-95(88)113(104-86(68-35-21-15-22-36-68)61-77(108(10,11)12)62-87(104)69-37-23-16-24-38-69)97-65-79(111-93-53-47-70-39-29-43-82-83-44-30-40-71-48-54-94(111)101(99(71)83)100(93)98(70)82)64-96(102(97)109)112(92)103-84(66-31-17-13-18-32-66)59-76(107(7,8)9)60-85(103)67-33-19-14-20-34-67/h13-65H,1-12H3. The Hall–Kier alpha value is -12.7. The molecule has 19 aromatic rings. The fourth-order valence-corrected chi connectivity index (χ4v) is 19.2. The molecule has 0 bridgehead atoms. The Morgan fingerprint density at radius 1 is 0.230 bits per heavy atom. The number of rotatable bonds is 9. The van der Waals surface area contributed by atoms with Gasteiger partial charge in [0.1, 0.15) is 0 Å². The second kappa shape index (κ2) is 24.9. The van der Waals surface area contributed by atoms with Gasteiger partial charge in [0.2, 0.25) is 0 Å². The van der Waals surface area contributed by atoms with Crippen LogP contribution >= 0.6 is 0 Å². The predicted octanol–water partition coefficient (Wildman–Crippen LogP) is 27.8. The third kappa shape index (κ3) is 10.6. The summed E-state index contributed by atoms with van der Waals surface area (Å²) in [4.78, 5) is 5.52. The molecule has 544 valence electrons. The van der Waals surface area contributed by atoms with E-state index in [-0.39, 0.29) is 28.4 Å². The van der Waals surface area contributed by atoms with Crippen molar-refractivity contribution in [3.05, 3.63) is 344 Å². The highest BCUT2D eigenvalue weighted by atomic mass is 15.2. The SMILES string of the molecule is CC(C)(C)c1cc(-c2ccc3c(c2)B2c4ccc(-n5c6ccccc6c6ccccc65)cc4N(c4c(-c5ccccc5)cc(C(C)(C)C)cc4-c4ccccc4)c4cc(-n5c6ccc7cccc8c9cccc%10ccc5c(c%109)c6c78)cc(c42)N3c2c(-c3ccccc3)cc(C(C)(C)C)cc2-c2ccccc2)cc(C(C)(C)C)c1. The first-order valence-electron chi connectivity index (χ1n) is 40.3. The van der Waals surface area contributed by atoms with Gasteiger partial charge in [-0.3, -0.25) is 0 Å². The number of hydrogen-bond acceptors (Lipinski definition) is 2. The van der Waals surface area contributed by atoms with E-state index >= 15 is 0 Å². The van der Waals surface area contributed by atoms with Gasteiger partial charge in [-0.2, -0.15) is 0 Å². The Bertz CT molecular complexity index is 6760. The van der Waals surface area contributed by atoms with Crippen molar-refractivity contribution in [1.82, 2.24) is 9.13 Å². The Labute approximate surface area is 663 Å². The van der Waals surface area contributed by atoms with Crippen molar-refractivity contribution in [3.63, 3.8) is 0 Å². The molecule has 21 rings (SSSR count). The molecule has 4 heterocycles. The summed E-state index contributed by atoms with van der Waals surface area (Å²) in [6, 6.07) is 124. The summed E-state index contributed by atoms with van der Waals surface area (Å²) in [6.07, 6.45) is 0. The first-order chi connectivity index (χ1) is 54.6. The van der Waals surface area contributed by atoms with Gasteiger partial charge in [0, 0.05) is 72.2 Å². The number of anilines is 6. The summed E-state index contributed by atoms with van der Waals surface area (Å²) >= 11 is 0. The molecule has 113 heavy (non-hydrogen) atoms. The van der Waals surface area contributed by atoms with Crippen LogP contribution in [0, 0.1) is 0 Å². The van der Waals surface area contributed by atoms with Crippen LogP contribution in [-0.2, 0) is 21.7 Å². The zero-order valence-corrected chi connectivity index (χ0v) is 66.5. The van der Waals surface area contributed by atoms with Crippen molar-refractivity contribution in [2.24, 2.45) is 0 Å². The van der Waals surface area contributed by atoms with Crippen LogP contribution < -0.4 is 26.2 Å². The highest BCUT2D eigenvalue weighted by molar-refractivity contribution is 7.00. The average molecular weight is 1450 g/mol. The first kappa shape index (κ1) is 68.3. The monoisotopic (exact) mass is 1450 g/mol. The maximum Gasteiger partial charge on any atom is 0.252 e. The van der Waals surface area contributed by atoms with Gasteiger partial charge in [0.15, 0.2) is 0 Å². The highest BCUT2D eigenvalue weighted by Crippen LogP contribution is 2.57. The Morgan fingerprint density at radius 3 is 1.04 bits per heavy atom. The number of hydrogen-bond donors (Lipinski definition) is 0. The number of aromatic nitrogens is 2. The molecule has 0 N–H and O–H groups in total. The van der Waals surface area contributed by atoms with Gasteiger partial charge < -0.3 is 18.9 Å². The third-order valence-electron chi connectivity index (χ3n) is 24.9. The van der Waals surface area contributed by atoms with Crippen LogP contribution in [0.1, 0.15) is 105 Å². The molecule has 2 aliphatic rings. The van der Waals surface area contributed by atoms with Crippen LogP contribution in [0.25, 0.3) is 143 Å². The van der Waals surface area contributed by atoms with Gasteiger partial charge in [0.25, 0.3) is 6.71 Å². The van der Waals surface area contributed by atoms with E-state index in [0.717, 1.165) is 101 Å². The molecular weight excluding hydrogens is 1360 g/mol. The lowest BCUT2D eigenvalue weighted by Gasteiger charge is -2.46. The Morgan fingerprint density at radius 2 is 0.611 bits per heavy atom. The second-order valence-corrected chi connectivity index (χ2v) is 36.1. The summed E-state index contributed by atoms with van der Waals surface area (Å²) in [7, 11) is 0. The van der Waals surface area contributed by atoms with Crippen LogP contribution in [0.5, 0.6) is 0 Å². The van der Waals surface area contributed by atoms with Gasteiger partial charge in [-0.05, 0) is 205 Å². The van der Waals surface area contributed by atoms with Crippen molar-refractivity contribution in [2.45, 2.75) is 105 Å². The molecule has 5 heteroatoms. The minimum atomic E-state index is -0.312. The third-order valence-corrected chi connectivity index (χ3v) is 24.9. The lowest BCUT2D eigenvalue weighted by molar-refractivity contribution is 0.569. The molecule has 0 spiro atoms. The largest absolute Gasteiger partial charge is 0.310 e. The zero-order valence-electron chi connectivity index (χ0n) is 66.5. The van der Waals surface area contributed by atoms with Crippen LogP contribution in [0.4, 0.5) is 34.1 Å². The van der Waals surface area contributed by atoms with Gasteiger partial charge in [-0.1, -0.05) is 326 Å². The first-order valence-corrected chi connectivity index (χ1v) is 40.3. The van der Waals surface area contributed by atoms with Crippen LogP contribution in [0.3, 0.4) is 0 Å². The summed E-state index contributed by atoms with van der Waals surface area (Å²) in [5.41, 5.74) is 33.4. The number of benzene rings is 17.